The van der Waals surface area contributed by atoms with E-state index in [1.165, 1.54) is 16.7 Å². The standard InChI is InChI=1S/C57H81N13O12.C2HF3O2/c1-4-34(2)48(56(81)82)68-51(76)43(31-37-23-24-38-17-8-9-18-39(38)29-37)66-52(77)44(33-71)67-50(75)42(30-36-15-6-5-7-16-36)64-47(73)32-62-53(78)45-21-13-27-69(45)55(80)46-22-14-28-70(46)54(79)41(20-12-26-61-57(59)60)65-49(74)40(63-35(3)72)19-10-11-25-58;3-2(4,5)1(6)7/h5-9,15-18,23-24,29,34,40-46,48,71H,4,10-14,19-22,25-28,30-33,58H2,1-3H3,(H,62,78)(H,63,72)(H,64,73)(H,65,74)(H,66,77)(H,67,75)(H,68,76)(H,81,82)(H4,59,60,61);(H,6,7). The third kappa shape index (κ3) is 23.3. The number of likely N-dealkylation sites (tertiary alicyclic amines) is 2. The normalized spacial score (nSPS) is 16.9. The molecule has 89 heavy (non-hydrogen) atoms. The predicted octanol–water partition coefficient (Wildman–Crippen LogP) is -0.409. The lowest BCUT2D eigenvalue weighted by atomic mass is 9.97. The molecule has 2 saturated heterocycles. The Hall–Kier alpha value is -8.93. The zero-order valence-electron chi connectivity index (χ0n) is 49.9. The smallest absolute Gasteiger partial charge is 0.480 e. The molecule has 16 N–H and O–H groups in total. The van der Waals surface area contributed by atoms with E-state index in [0.717, 1.165) is 10.8 Å². The van der Waals surface area contributed by atoms with Crippen molar-refractivity contribution < 1.29 is 81.2 Å². The Morgan fingerprint density at radius 3 is 1.82 bits per heavy atom. The van der Waals surface area contributed by atoms with Gasteiger partial charge >= 0.3 is 18.1 Å². The Balaban J connectivity index is 0.00000227. The number of unbranched alkanes of at least 4 members (excludes halogenated alkanes) is 1. The minimum Gasteiger partial charge on any atom is -0.480 e. The van der Waals surface area contributed by atoms with E-state index in [2.05, 4.69) is 42.2 Å². The van der Waals surface area contributed by atoms with Gasteiger partial charge in [-0.2, -0.15) is 13.2 Å². The fourth-order valence-corrected chi connectivity index (χ4v) is 10.1. The highest BCUT2D eigenvalue weighted by Crippen LogP contribution is 2.27. The van der Waals surface area contributed by atoms with E-state index in [1.807, 2.05) is 36.4 Å². The number of carboxylic acid groups (broad SMARTS) is 2. The van der Waals surface area contributed by atoms with Gasteiger partial charge in [-0.1, -0.05) is 93.1 Å². The van der Waals surface area contributed by atoms with Gasteiger partial charge in [0.05, 0.1) is 13.2 Å². The van der Waals surface area contributed by atoms with E-state index in [9.17, 15) is 71.3 Å². The van der Waals surface area contributed by atoms with Crippen LogP contribution in [0.1, 0.15) is 96.1 Å². The van der Waals surface area contributed by atoms with Gasteiger partial charge in [0.15, 0.2) is 5.96 Å². The lowest BCUT2D eigenvalue weighted by molar-refractivity contribution is -0.192. The van der Waals surface area contributed by atoms with Gasteiger partial charge in [0.25, 0.3) is 0 Å². The molecule has 0 spiro atoms. The summed E-state index contributed by atoms with van der Waals surface area (Å²) in [6, 6.07) is 11.8. The summed E-state index contributed by atoms with van der Waals surface area (Å²) in [6.07, 6.45) is -1.64. The molecule has 488 valence electrons. The second-order valence-electron chi connectivity index (χ2n) is 21.7. The number of hydrogen-bond donors (Lipinski definition) is 13. The summed E-state index contributed by atoms with van der Waals surface area (Å²) in [5, 5.41) is 47.6. The number of nitrogens with two attached hydrogens (primary N) is 3. The maximum atomic E-state index is 14.4. The maximum Gasteiger partial charge on any atom is 0.490 e. The molecule has 27 nitrogen and oxygen atoms in total. The molecule has 0 aliphatic carbocycles. The van der Waals surface area contributed by atoms with E-state index >= 15 is 0 Å². The van der Waals surface area contributed by atoms with Crippen molar-refractivity contribution in [1.82, 2.24) is 47.0 Å². The number of aliphatic carboxylic acids is 2. The molecule has 9 atom stereocenters. The maximum absolute atomic E-state index is 14.4. The fraction of sp³-hybridized carbons (Fsp3) is 0.525. The Kier molecular flexibility index (Phi) is 29.2. The highest BCUT2D eigenvalue weighted by Gasteiger charge is 2.44. The second-order valence-corrected chi connectivity index (χ2v) is 21.7. The van der Waals surface area contributed by atoms with E-state index in [-0.39, 0.29) is 70.5 Å². The number of carbonyl (C=O) groups excluding carboxylic acids is 9. The van der Waals surface area contributed by atoms with Crippen LogP contribution in [0.15, 0.2) is 77.8 Å². The van der Waals surface area contributed by atoms with Crippen LogP contribution in [-0.2, 0) is 65.6 Å². The molecule has 0 saturated carbocycles. The van der Waals surface area contributed by atoms with Crippen molar-refractivity contribution >= 4 is 81.8 Å². The number of guanidine groups is 1. The van der Waals surface area contributed by atoms with Crippen LogP contribution in [-0.4, -0.2) is 190 Å². The monoisotopic (exact) mass is 1250 g/mol. The van der Waals surface area contributed by atoms with Crippen molar-refractivity contribution in [3.63, 3.8) is 0 Å². The first-order chi connectivity index (χ1) is 42.2. The highest BCUT2D eigenvalue weighted by atomic mass is 19.4. The fourth-order valence-electron chi connectivity index (χ4n) is 10.1. The first-order valence-electron chi connectivity index (χ1n) is 29.3. The van der Waals surface area contributed by atoms with Gasteiger partial charge in [-0.05, 0) is 92.1 Å². The molecule has 2 heterocycles. The van der Waals surface area contributed by atoms with Crippen LogP contribution in [0.5, 0.6) is 0 Å². The quantitative estimate of drug-likeness (QED) is 0.0221. The Morgan fingerprint density at radius 1 is 0.663 bits per heavy atom. The van der Waals surface area contributed by atoms with Crippen LogP contribution < -0.4 is 54.4 Å². The van der Waals surface area contributed by atoms with E-state index in [0.29, 0.717) is 49.8 Å². The van der Waals surface area contributed by atoms with Gasteiger partial charge < -0.3 is 79.5 Å². The van der Waals surface area contributed by atoms with Crippen LogP contribution in [0.2, 0.25) is 0 Å². The molecule has 0 aromatic heterocycles. The summed E-state index contributed by atoms with van der Waals surface area (Å²) >= 11 is 0. The van der Waals surface area contributed by atoms with Crippen molar-refractivity contribution in [2.45, 2.75) is 152 Å². The first kappa shape index (κ1) is 72.5. The SMILES string of the molecule is CCC(C)C(NC(=O)C(Cc1ccc2ccccc2c1)NC(=O)C(CO)NC(=O)C(Cc1ccccc1)NC(=O)CNC(=O)C1CCCN1C(=O)C1CCCN1C(=O)C(CCCN=C(N)N)NC(=O)C(CCCCN)NC(C)=O)C(=O)O.O=C(O)C(F)(F)F. The molecule has 2 aliphatic rings. The number of carbonyl (C=O) groups is 11. The topological polar surface area (TPSA) is 430 Å². The number of benzene rings is 3. The van der Waals surface area contributed by atoms with Crippen LogP contribution in [0.25, 0.3) is 10.8 Å². The van der Waals surface area contributed by atoms with Crippen molar-refractivity contribution in [2.24, 2.45) is 28.1 Å². The van der Waals surface area contributed by atoms with Crippen molar-refractivity contribution in [1.29, 1.82) is 0 Å². The number of alkyl halides is 3. The Bertz CT molecular complexity index is 2970. The van der Waals surface area contributed by atoms with E-state index in [4.69, 9.17) is 27.1 Å². The van der Waals surface area contributed by atoms with Gasteiger partial charge in [0.2, 0.25) is 53.2 Å². The molecule has 3 aromatic rings. The summed E-state index contributed by atoms with van der Waals surface area (Å²) in [7, 11) is 0. The first-order valence-corrected chi connectivity index (χ1v) is 29.3. The molecule has 0 bridgehead atoms. The number of fused-ring (bicyclic) bond motifs is 1. The number of nitrogens with zero attached hydrogens (tertiary/aromatic N) is 3. The van der Waals surface area contributed by atoms with Crippen molar-refractivity contribution in [3.8, 4) is 0 Å². The number of aliphatic hydroxyl groups excluding tert-OH is 1. The highest BCUT2D eigenvalue weighted by molar-refractivity contribution is 5.98. The largest absolute Gasteiger partial charge is 0.490 e. The van der Waals surface area contributed by atoms with E-state index < -0.39 is 139 Å². The molecule has 5 rings (SSSR count). The third-order valence-corrected chi connectivity index (χ3v) is 14.9. The number of hydrogen-bond acceptors (Lipinski definition) is 14. The summed E-state index contributed by atoms with van der Waals surface area (Å²) < 4.78 is 31.7. The zero-order chi connectivity index (χ0) is 66.0. The van der Waals surface area contributed by atoms with Gasteiger partial charge in [-0.25, -0.2) is 9.59 Å². The minimum absolute atomic E-state index is 0.0870. The number of aliphatic hydroxyl groups is 1. The Labute approximate surface area is 512 Å². The van der Waals surface area contributed by atoms with Crippen molar-refractivity contribution in [2.75, 3.05) is 39.3 Å². The third-order valence-electron chi connectivity index (χ3n) is 14.9. The van der Waals surface area contributed by atoms with Crippen LogP contribution in [0.3, 0.4) is 0 Å². The van der Waals surface area contributed by atoms with Crippen LogP contribution >= 0.6 is 0 Å². The number of halogens is 3. The summed E-state index contributed by atoms with van der Waals surface area (Å²) in [6.45, 7) is 4.04. The van der Waals surface area contributed by atoms with Gasteiger partial charge in [-0.3, -0.25) is 48.1 Å². The van der Waals surface area contributed by atoms with Gasteiger partial charge in [-0.15, -0.1) is 0 Å². The van der Waals surface area contributed by atoms with Gasteiger partial charge in [0.1, 0.15) is 48.3 Å². The Morgan fingerprint density at radius 2 is 1.21 bits per heavy atom. The van der Waals surface area contributed by atoms with Crippen LogP contribution in [0, 0.1) is 5.92 Å². The molecule has 0 radical (unpaired) electrons. The number of aliphatic imine (C=N–C) groups is 1. The predicted molar refractivity (Wildman–Crippen MR) is 318 cm³/mol. The lowest BCUT2D eigenvalue weighted by Gasteiger charge is -2.33. The molecular weight excluding hydrogens is 1170 g/mol. The number of rotatable bonds is 31. The summed E-state index contributed by atoms with van der Waals surface area (Å²) in [4.78, 5) is 152. The average Bonchev–Trinajstić information content (AvgIpc) is 2.07. The molecular formula is C59H82F3N13O14. The molecule has 2 fully saturated rings. The summed E-state index contributed by atoms with van der Waals surface area (Å²) in [5.74, 6) is -10.9. The molecule has 9 amide bonds. The zero-order valence-corrected chi connectivity index (χ0v) is 49.9. The molecule has 9 unspecified atom stereocenters. The minimum atomic E-state index is -5.08. The summed E-state index contributed by atoms with van der Waals surface area (Å²) in [5.41, 5.74) is 17.9. The number of carboxylic acids is 2. The lowest BCUT2D eigenvalue weighted by Crippen LogP contribution is -2.60. The van der Waals surface area contributed by atoms with Crippen molar-refractivity contribution in [3.05, 3.63) is 83.9 Å². The van der Waals surface area contributed by atoms with Crippen LogP contribution in [0.4, 0.5) is 13.2 Å². The number of nitrogens with one attached hydrogen (secondary N) is 7. The molecule has 3 aromatic carbocycles. The average molecular weight is 1250 g/mol. The van der Waals surface area contributed by atoms with E-state index in [1.54, 1.807) is 50.2 Å². The molecule has 30 heteroatoms. The molecule has 2 aliphatic heterocycles. The number of amides is 9. The van der Waals surface area contributed by atoms with Gasteiger partial charge in [0, 0.05) is 39.4 Å². The second kappa shape index (κ2) is 35.8.